The Labute approximate surface area is 144 Å². The van der Waals surface area contributed by atoms with Crippen LogP contribution in [0.15, 0.2) is 22.7 Å². The van der Waals surface area contributed by atoms with Crippen molar-refractivity contribution in [1.82, 2.24) is 5.32 Å². The molecule has 23 heavy (non-hydrogen) atoms. The SMILES string of the molecule is CC(C)NC(=O)C1CCCC(Nc2cc(Br)ccc2[N+](=O)[O-])C1. The van der Waals surface area contributed by atoms with Crippen LogP contribution in [0.5, 0.6) is 0 Å². The van der Waals surface area contributed by atoms with Gasteiger partial charge in [-0.05, 0) is 45.2 Å². The largest absolute Gasteiger partial charge is 0.377 e. The van der Waals surface area contributed by atoms with Crippen LogP contribution in [0.2, 0.25) is 0 Å². The van der Waals surface area contributed by atoms with Crippen LogP contribution in [0.4, 0.5) is 11.4 Å². The van der Waals surface area contributed by atoms with Gasteiger partial charge in [-0.25, -0.2) is 0 Å². The Morgan fingerprint density at radius 1 is 1.39 bits per heavy atom. The summed E-state index contributed by atoms with van der Waals surface area (Å²) in [5.41, 5.74) is 0.557. The summed E-state index contributed by atoms with van der Waals surface area (Å²) < 4.78 is 0.788. The van der Waals surface area contributed by atoms with E-state index in [9.17, 15) is 14.9 Å². The fourth-order valence-electron chi connectivity index (χ4n) is 2.96. The maximum absolute atomic E-state index is 12.2. The fourth-order valence-corrected chi connectivity index (χ4v) is 3.33. The van der Waals surface area contributed by atoms with Gasteiger partial charge in [0.05, 0.1) is 4.92 Å². The number of anilines is 1. The first-order chi connectivity index (χ1) is 10.9. The second kappa shape index (κ2) is 7.77. The number of carbonyl (C=O) groups excluding carboxylic acids is 1. The molecule has 7 heteroatoms. The lowest BCUT2D eigenvalue weighted by atomic mass is 9.85. The lowest BCUT2D eigenvalue weighted by Crippen LogP contribution is -2.40. The monoisotopic (exact) mass is 383 g/mol. The zero-order valence-corrected chi connectivity index (χ0v) is 14.9. The smallest absolute Gasteiger partial charge is 0.292 e. The van der Waals surface area contributed by atoms with Crippen molar-refractivity contribution in [1.29, 1.82) is 0 Å². The first-order valence-corrected chi connectivity index (χ1v) is 8.67. The Morgan fingerprint density at radius 2 is 2.13 bits per heavy atom. The number of hydrogen-bond donors (Lipinski definition) is 2. The van der Waals surface area contributed by atoms with E-state index in [1.165, 1.54) is 6.07 Å². The lowest BCUT2D eigenvalue weighted by molar-refractivity contribution is -0.384. The zero-order chi connectivity index (χ0) is 17.0. The van der Waals surface area contributed by atoms with E-state index in [-0.39, 0.29) is 34.5 Å². The highest BCUT2D eigenvalue weighted by molar-refractivity contribution is 9.10. The third-order valence-corrected chi connectivity index (χ3v) is 4.48. The predicted octanol–water partition coefficient (Wildman–Crippen LogP) is 3.85. The first kappa shape index (κ1) is 17.7. The van der Waals surface area contributed by atoms with E-state index in [1.807, 2.05) is 13.8 Å². The maximum atomic E-state index is 12.2. The number of nitro benzene ring substituents is 1. The third kappa shape index (κ3) is 4.92. The van der Waals surface area contributed by atoms with Gasteiger partial charge in [0.2, 0.25) is 5.91 Å². The molecular weight excluding hydrogens is 362 g/mol. The summed E-state index contributed by atoms with van der Waals surface area (Å²) in [7, 11) is 0. The summed E-state index contributed by atoms with van der Waals surface area (Å²) in [6.45, 7) is 3.89. The fraction of sp³-hybridized carbons (Fsp3) is 0.562. The molecule has 1 aromatic rings. The average Bonchev–Trinajstić information content (AvgIpc) is 2.46. The molecule has 0 bridgehead atoms. The number of halogens is 1. The summed E-state index contributed by atoms with van der Waals surface area (Å²) >= 11 is 3.35. The van der Waals surface area contributed by atoms with E-state index in [1.54, 1.807) is 12.1 Å². The molecule has 1 saturated carbocycles. The molecule has 1 fully saturated rings. The van der Waals surface area contributed by atoms with Gasteiger partial charge in [-0.2, -0.15) is 0 Å². The van der Waals surface area contributed by atoms with Crippen molar-refractivity contribution in [3.63, 3.8) is 0 Å². The van der Waals surface area contributed by atoms with Crippen LogP contribution in [-0.2, 0) is 4.79 Å². The van der Waals surface area contributed by atoms with E-state index in [4.69, 9.17) is 0 Å². The van der Waals surface area contributed by atoms with E-state index >= 15 is 0 Å². The molecule has 2 atom stereocenters. The molecule has 0 heterocycles. The molecule has 6 nitrogen and oxygen atoms in total. The number of rotatable bonds is 5. The second-order valence-corrected chi connectivity index (χ2v) is 7.20. The first-order valence-electron chi connectivity index (χ1n) is 7.87. The molecular formula is C16H22BrN3O3. The molecule has 0 aromatic heterocycles. The van der Waals surface area contributed by atoms with Crippen LogP contribution in [0.3, 0.4) is 0 Å². The number of nitro groups is 1. The van der Waals surface area contributed by atoms with Gasteiger partial charge in [0.1, 0.15) is 5.69 Å². The summed E-state index contributed by atoms with van der Waals surface area (Å²) in [4.78, 5) is 22.9. The Bertz CT molecular complexity index is 592. The minimum absolute atomic E-state index is 0.0325. The van der Waals surface area contributed by atoms with Crippen molar-refractivity contribution >= 4 is 33.2 Å². The average molecular weight is 384 g/mol. The highest BCUT2D eigenvalue weighted by Crippen LogP contribution is 2.32. The van der Waals surface area contributed by atoms with Crippen LogP contribution < -0.4 is 10.6 Å². The van der Waals surface area contributed by atoms with Gasteiger partial charge in [-0.3, -0.25) is 14.9 Å². The van der Waals surface area contributed by atoms with E-state index in [0.717, 1.165) is 23.7 Å². The Morgan fingerprint density at radius 3 is 2.78 bits per heavy atom. The van der Waals surface area contributed by atoms with Gasteiger partial charge in [-0.1, -0.05) is 22.4 Å². The Kier molecular flexibility index (Phi) is 5.98. The molecule has 0 spiro atoms. The number of amides is 1. The Hall–Kier alpha value is -1.63. The molecule has 2 rings (SSSR count). The van der Waals surface area contributed by atoms with Gasteiger partial charge in [0.25, 0.3) is 5.69 Å². The number of nitrogens with zero attached hydrogens (tertiary/aromatic N) is 1. The van der Waals surface area contributed by atoms with Gasteiger partial charge in [0.15, 0.2) is 0 Å². The van der Waals surface area contributed by atoms with Crippen molar-refractivity contribution in [2.24, 2.45) is 5.92 Å². The molecule has 0 aliphatic heterocycles. The summed E-state index contributed by atoms with van der Waals surface area (Å²) in [6, 6.07) is 5.05. The molecule has 0 radical (unpaired) electrons. The second-order valence-electron chi connectivity index (χ2n) is 6.29. The van der Waals surface area contributed by atoms with E-state index in [2.05, 4.69) is 26.6 Å². The quantitative estimate of drug-likeness (QED) is 0.597. The van der Waals surface area contributed by atoms with Crippen molar-refractivity contribution in [3.05, 3.63) is 32.8 Å². The van der Waals surface area contributed by atoms with Crippen LogP contribution >= 0.6 is 15.9 Å². The number of hydrogen-bond acceptors (Lipinski definition) is 4. The molecule has 1 aliphatic carbocycles. The van der Waals surface area contributed by atoms with E-state index < -0.39 is 0 Å². The van der Waals surface area contributed by atoms with Gasteiger partial charge in [0, 0.05) is 28.5 Å². The van der Waals surface area contributed by atoms with Crippen LogP contribution in [-0.4, -0.2) is 22.9 Å². The van der Waals surface area contributed by atoms with Crippen molar-refractivity contribution < 1.29 is 9.72 Å². The summed E-state index contributed by atoms with van der Waals surface area (Å²) in [6.07, 6.45) is 3.42. The van der Waals surface area contributed by atoms with Crippen LogP contribution in [0.1, 0.15) is 39.5 Å². The normalized spacial score (nSPS) is 21.0. The number of carbonyl (C=O) groups is 1. The Balaban J connectivity index is 2.07. The number of benzene rings is 1. The summed E-state index contributed by atoms with van der Waals surface area (Å²) in [5.74, 6) is 0.0464. The van der Waals surface area contributed by atoms with Gasteiger partial charge >= 0.3 is 0 Å². The molecule has 126 valence electrons. The van der Waals surface area contributed by atoms with Crippen LogP contribution in [0, 0.1) is 16.0 Å². The van der Waals surface area contributed by atoms with Gasteiger partial charge in [-0.15, -0.1) is 0 Å². The highest BCUT2D eigenvalue weighted by Gasteiger charge is 2.28. The minimum Gasteiger partial charge on any atom is -0.377 e. The van der Waals surface area contributed by atoms with Crippen molar-refractivity contribution in [3.8, 4) is 0 Å². The number of nitrogens with one attached hydrogen (secondary N) is 2. The van der Waals surface area contributed by atoms with Gasteiger partial charge < -0.3 is 10.6 Å². The topological polar surface area (TPSA) is 84.3 Å². The third-order valence-electron chi connectivity index (χ3n) is 3.99. The van der Waals surface area contributed by atoms with Crippen LogP contribution in [0.25, 0.3) is 0 Å². The molecule has 1 amide bonds. The molecule has 1 aromatic carbocycles. The van der Waals surface area contributed by atoms with E-state index in [0.29, 0.717) is 12.1 Å². The standard InChI is InChI=1S/C16H22BrN3O3/c1-10(2)18-16(21)11-4-3-5-13(8-11)19-14-9-12(17)6-7-15(14)20(22)23/h6-7,9-11,13,19H,3-5,8H2,1-2H3,(H,18,21). The lowest BCUT2D eigenvalue weighted by Gasteiger charge is -2.30. The molecule has 2 N–H and O–H groups in total. The predicted molar refractivity (Wildman–Crippen MR) is 93.4 cm³/mol. The van der Waals surface area contributed by atoms with Crippen molar-refractivity contribution in [2.45, 2.75) is 51.6 Å². The summed E-state index contributed by atoms with van der Waals surface area (Å²) in [5, 5.41) is 17.4. The van der Waals surface area contributed by atoms with Crippen molar-refractivity contribution in [2.75, 3.05) is 5.32 Å². The zero-order valence-electron chi connectivity index (χ0n) is 13.3. The molecule has 1 aliphatic rings. The molecule has 2 unspecified atom stereocenters. The highest BCUT2D eigenvalue weighted by atomic mass is 79.9. The minimum atomic E-state index is -0.388. The molecule has 0 saturated heterocycles. The maximum Gasteiger partial charge on any atom is 0.292 e.